The van der Waals surface area contributed by atoms with Crippen molar-refractivity contribution in [2.45, 2.75) is 6.42 Å². The molecule has 2 aromatic rings. The number of allylic oxidation sites excluding steroid dienone is 1. The lowest BCUT2D eigenvalue weighted by molar-refractivity contribution is 1.07. The minimum atomic E-state index is 0.737. The van der Waals surface area contributed by atoms with E-state index in [1.54, 1.807) is 12.4 Å². The quantitative estimate of drug-likeness (QED) is 0.705. The molecule has 0 saturated heterocycles. The van der Waals surface area contributed by atoms with E-state index in [0.29, 0.717) is 0 Å². The molecule has 0 amide bonds. The van der Waals surface area contributed by atoms with Crippen LogP contribution in [-0.4, -0.2) is 15.0 Å². The fourth-order valence-corrected chi connectivity index (χ4v) is 1.35. The van der Waals surface area contributed by atoms with Crippen LogP contribution in [0, 0.1) is 6.33 Å². The lowest BCUT2D eigenvalue weighted by Gasteiger charge is -2.03. The van der Waals surface area contributed by atoms with Crippen LogP contribution in [0.4, 0.5) is 0 Å². The molecule has 2 rings (SSSR count). The first-order valence-electron chi connectivity index (χ1n) is 4.66. The van der Waals surface area contributed by atoms with Gasteiger partial charge in [-0.2, -0.15) is 0 Å². The van der Waals surface area contributed by atoms with Gasteiger partial charge in [0.2, 0.25) is 0 Å². The summed E-state index contributed by atoms with van der Waals surface area (Å²) in [6, 6.07) is 5.73. The van der Waals surface area contributed by atoms with Crippen LogP contribution < -0.4 is 0 Å². The molecule has 0 fully saturated rings. The predicted octanol–water partition coefficient (Wildman–Crippen LogP) is 2.07. The summed E-state index contributed by atoms with van der Waals surface area (Å²) in [4.78, 5) is 12.2. The van der Waals surface area contributed by atoms with E-state index in [-0.39, 0.29) is 0 Å². The third-order valence-electron chi connectivity index (χ3n) is 2.02. The van der Waals surface area contributed by atoms with Crippen LogP contribution in [0.1, 0.15) is 5.56 Å². The first-order chi connectivity index (χ1) is 7.42. The van der Waals surface area contributed by atoms with Crippen LogP contribution in [0.2, 0.25) is 0 Å². The molecule has 15 heavy (non-hydrogen) atoms. The molecule has 2 aromatic heterocycles. The second-order valence-electron chi connectivity index (χ2n) is 3.05. The molecule has 1 radical (unpaired) electrons. The highest BCUT2D eigenvalue weighted by Gasteiger charge is 2.05. The van der Waals surface area contributed by atoms with Crippen molar-refractivity contribution in [2.75, 3.05) is 0 Å². The van der Waals surface area contributed by atoms with Crippen LogP contribution in [0.5, 0.6) is 0 Å². The van der Waals surface area contributed by atoms with E-state index in [4.69, 9.17) is 0 Å². The molecule has 0 N–H and O–H groups in total. The van der Waals surface area contributed by atoms with Crippen molar-refractivity contribution >= 4 is 0 Å². The molecular weight excluding hydrogens is 186 g/mol. The molecule has 0 aliphatic heterocycles. The van der Waals surface area contributed by atoms with Gasteiger partial charge in [-0.15, -0.1) is 6.58 Å². The normalized spacial score (nSPS) is 9.87. The first-order valence-corrected chi connectivity index (χ1v) is 4.66. The van der Waals surface area contributed by atoms with Gasteiger partial charge >= 0.3 is 0 Å². The Morgan fingerprint density at radius 2 is 2.33 bits per heavy atom. The van der Waals surface area contributed by atoms with Crippen molar-refractivity contribution in [3.05, 3.63) is 55.1 Å². The zero-order chi connectivity index (χ0) is 10.5. The average Bonchev–Trinajstić information content (AvgIpc) is 2.31. The van der Waals surface area contributed by atoms with Gasteiger partial charge in [0, 0.05) is 18.0 Å². The zero-order valence-electron chi connectivity index (χ0n) is 8.22. The third-order valence-corrected chi connectivity index (χ3v) is 2.02. The molecule has 3 heteroatoms. The number of pyridine rings is 1. The Morgan fingerprint density at radius 1 is 1.40 bits per heavy atom. The van der Waals surface area contributed by atoms with Crippen LogP contribution >= 0.6 is 0 Å². The van der Waals surface area contributed by atoms with Crippen molar-refractivity contribution in [2.24, 2.45) is 0 Å². The van der Waals surface area contributed by atoms with Crippen LogP contribution in [0.15, 0.2) is 43.2 Å². The van der Waals surface area contributed by atoms with Crippen LogP contribution in [0.25, 0.3) is 11.4 Å². The van der Waals surface area contributed by atoms with E-state index in [2.05, 4.69) is 27.9 Å². The standard InChI is InChI=1S/C12H10N3/c1-2-5-10-8-13-9-15-12(10)11-6-3-4-7-14-11/h2-4,6-8H,1,5H2. The number of hydrogen-bond donors (Lipinski definition) is 0. The fraction of sp³-hybridized carbons (Fsp3) is 0.0833. The smallest absolute Gasteiger partial charge is 0.198 e. The Morgan fingerprint density at radius 3 is 3.07 bits per heavy atom. The Hall–Kier alpha value is -2.03. The molecule has 0 aliphatic rings. The number of rotatable bonds is 3. The summed E-state index contributed by atoms with van der Waals surface area (Å²) in [5.74, 6) is 0. The van der Waals surface area contributed by atoms with Crippen molar-refractivity contribution in [3.63, 3.8) is 0 Å². The monoisotopic (exact) mass is 196 g/mol. The predicted molar refractivity (Wildman–Crippen MR) is 58.0 cm³/mol. The van der Waals surface area contributed by atoms with E-state index in [0.717, 1.165) is 23.4 Å². The second kappa shape index (κ2) is 4.46. The van der Waals surface area contributed by atoms with E-state index in [1.165, 1.54) is 0 Å². The number of aromatic nitrogens is 3. The highest BCUT2D eigenvalue weighted by Crippen LogP contribution is 2.17. The van der Waals surface area contributed by atoms with Gasteiger partial charge in [0.25, 0.3) is 0 Å². The molecule has 0 bridgehead atoms. The molecule has 73 valence electrons. The highest BCUT2D eigenvalue weighted by molar-refractivity contribution is 5.57. The Bertz CT molecular complexity index is 451. The highest BCUT2D eigenvalue weighted by atomic mass is 14.8. The number of hydrogen-bond acceptors (Lipinski definition) is 3. The molecule has 0 aromatic carbocycles. The van der Waals surface area contributed by atoms with Crippen molar-refractivity contribution in [1.29, 1.82) is 0 Å². The maximum atomic E-state index is 4.25. The SMILES string of the molecule is C=CCc1cn[c]nc1-c1ccccn1. The fourth-order valence-electron chi connectivity index (χ4n) is 1.35. The van der Waals surface area contributed by atoms with Gasteiger partial charge in [0.05, 0.1) is 11.4 Å². The molecule has 0 saturated carbocycles. The Balaban J connectivity index is 2.48. The van der Waals surface area contributed by atoms with E-state index < -0.39 is 0 Å². The molecule has 0 aliphatic carbocycles. The van der Waals surface area contributed by atoms with Crippen LogP contribution in [0.3, 0.4) is 0 Å². The summed E-state index contributed by atoms with van der Waals surface area (Å²) in [5.41, 5.74) is 2.68. The summed E-state index contributed by atoms with van der Waals surface area (Å²) >= 11 is 0. The summed E-state index contributed by atoms with van der Waals surface area (Å²) in [6.07, 6.45) is 8.64. The lowest BCUT2D eigenvalue weighted by Crippen LogP contribution is -1.95. The van der Waals surface area contributed by atoms with E-state index >= 15 is 0 Å². The van der Waals surface area contributed by atoms with Crippen molar-refractivity contribution in [3.8, 4) is 11.4 Å². The van der Waals surface area contributed by atoms with Crippen molar-refractivity contribution in [1.82, 2.24) is 15.0 Å². The maximum Gasteiger partial charge on any atom is 0.198 e. The molecular formula is C12H10N3. The number of nitrogens with zero attached hydrogens (tertiary/aromatic N) is 3. The summed E-state index contributed by atoms with van der Waals surface area (Å²) in [7, 11) is 0. The summed E-state index contributed by atoms with van der Waals surface area (Å²) < 4.78 is 0. The minimum Gasteiger partial charge on any atom is -0.255 e. The van der Waals surface area contributed by atoms with Gasteiger partial charge in [-0.3, -0.25) is 4.98 Å². The second-order valence-corrected chi connectivity index (χ2v) is 3.05. The third kappa shape index (κ3) is 2.07. The first kappa shape index (κ1) is 9.52. The van der Waals surface area contributed by atoms with Crippen LogP contribution in [-0.2, 0) is 6.42 Å². The van der Waals surface area contributed by atoms with E-state index in [1.807, 2.05) is 24.3 Å². The summed E-state index contributed by atoms with van der Waals surface area (Å²) in [5, 5.41) is 0. The Kier molecular flexibility index (Phi) is 2.83. The van der Waals surface area contributed by atoms with Gasteiger partial charge < -0.3 is 0 Å². The molecule has 0 unspecified atom stereocenters. The maximum absolute atomic E-state index is 4.25. The van der Waals surface area contributed by atoms with Gasteiger partial charge in [-0.05, 0) is 18.6 Å². The lowest BCUT2D eigenvalue weighted by atomic mass is 10.1. The molecule has 3 nitrogen and oxygen atoms in total. The van der Waals surface area contributed by atoms with Crippen molar-refractivity contribution < 1.29 is 0 Å². The molecule has 0 spiro atoms. The zero-order valence-corrected chi connectivity index (χ0v) is 8.22. The van der Waals surface area contributed by atoms with E-state index in [9.17, 15) is 0 Å². The van der Waals surface area contributed by atoms with Gasteiger partial charge in [-0.1, -0.05) is 12.1 Å². The van der Waals surface area contributed by atoms with Gasteiger partial charge in [0.15, 0.2) is 6.33 Å². The topological polar surface area (TPSA) is 38.7 Å². The summed E-state index contributed by atoms with van der Waals surface area (Å²) in [6.45, 7) is 3.70. The Labute approximate surface area is 88.6 Å². The van der Waals surface area contributed by atoms with Gasteiger partial charge in [-0.25, -0.2) is 9.97 Å². The molecule has 0 atom stereocenters. The molecule has 2 heterocycles. The minimum absolute atomic E-state index is 0.737. The van der Waals surface area contributed by atoms with Gasteiger partial charge in [0.1, 0.15) is 0 Å². The largest absolute Gasteiger partial charge is 0.255 e. The average molecular weight is 196 g/mol.